The molecule has 104 valence electrons. The Balaban J connectivity index is 2.27. The first-order valence-corrected chi connectivity index (χ1v) is 7.10. The number of hydrogen-bond donors (Lipinski definition) is 0. The Kier molecular flexibility index (Phi) is 4.30. The lowest BCUT2D eigenvalue weighted by molar-refractivity contribution is -0.0328. The summed E-state index contributed by atoms with van der Waals surface area (Å²) in [7, 11) is 0. The van der Waals surface area contributed by atoms with Crippen molar-refractivity contribution in [2.24, 2.45) is 0 Å². The Labute approximate surface area is 117 Å². The van der Waals surface area contributed by atoms with E-state index in [1.54, 1.807) is 11.5 Å². The first-order valence-electron chi connectivity index (χ1n) is 5.68. The predicted molar refractivity (Wildman–Crippen MR) is 72.5 cm³/mol. The molecule has 1 heterocycles. The summed E-state index contributed by atoms with van der Waals surface area (Å²) in [6.07, 6.45) is 0. The van der Waals surface area contributed by atoms with Crippen molar-refractivity contribution < 1.29 is 13.2 Å². The van der Waals surface area contributed by atoms with Gasteiger partial charge in [-0.2, -0.15) is 13.2 Å². The number of rotatable bonds is 4. The number of para-hydroxylation sites is 2. The van der Waals surface area contributed by atoms with Crippen LogP contribution in [0.25, 0.3) is 11.0 Å². The fourth-order valence-corrected chi connectivity index (χ4v) is 2.56. The lowest BCUT2D eigenvalue weighted by atomic mass is 10.3. The molecule has 0 radical (unpaired) electrons. The SMILES string of the molecule is CC(Cl)c1nc2ccccc2n1CCSC(F)(F)F. The van der Waals surface area contributed by atoms with E-state index in [-0.39, 0.29) is 29.4 Å². The van der Waals surface area contributed by atoms with Crippen molar-refractivity contribution in [3.8, 4) is 0 Å². The number of aryl methyl sites for hydroxylation is 1. The molecule has 2 rings (SSSR count). The summed E-state index contributed by atoms with van der Waals surface area (Å²) < 4.78 is 38.3. The minimum atomic E-state index is -4.21. The first-order chi connectivity index (χ1) is 8.88. The van der Waals surface area contributed by atoms with Crippen molar-refractivity contribution in [2.75, 3.05) is 5.75 Å². The van der Waals surface area contributed by atoms with Crippen LogP contribution in [0.1, 0.15) is 18.1 Å². The Morgan fingerprint density at radius 3 is 2.68 bits per heavy atom. The minimum Gasteiger partial charge on any atom is -0.326 e. The molecule has 2 aromatic rings. The third-order valence-electron chi connectivity index (χ3n) is 2.62. The van der Waals surface area contributed by atoms with Crippen molar-refractivity contribution >= 4 is 34.4 Å². The van der Waals surface area contributed by atoms with Crippen molar-refractivity contribution in [3.05, 3.63) is 30.1 Å². The highest BCUT2D eigenvalue weighted by Crippen LogP contribution is 2.31. The van der Waals surface area contributed by atoms with Gasteiger partial charge in [-0.05, 0) is 30.8 Å². The zero-order valence-electron chi connectivity index (χ0n) is 10.1. The fourth-order valence-electron chi connectivity index (χ4n) is 1.89. The molecule has 7 heteroatoms. The Morgan fingerprint density at radius 1 is 1.37 bits per heavy atom. The summed E-state index contributed by atoms with van der Waals surface area (Å²) in [5.41, 5.74) is -2.64. The Bertz CT molecular complexity index is 566. The quantitative estimate of drug-likeness (QED) is 0.769. The lowest BCUT2D eigenvalue weighted by Crippen LogP contribution is -2.10. The molecular weight excluding hydrogens is 297 g/mol. The molecular formula is C12H12ClF3N2S. The number of fused-ring (bicyclic) bond motifs is 1. The molecule has 1 atom stereocenters. The van der Waals surface area contributed by atoms with Gasteiger partial charge >= 0.3 is 5.51 Å². The molecule has 0 aliphatic rings. The number of halogens is 4. The largest absolute Gasteiger partial charge is 0.441 e. The minimum absolute atomic E-state index is 0.0309. The summed E-state index contributed by atoms with van der Waals surface area (Å²) in [5.74, 6) is 0.547. The van der Waals surface area contributed by atoms with Gasteiger partial charge in [0.2, 0.25) is 0 Å². The number of hydrogen-bond acceptors (Lipinski definition) is 2. The summed E-state index contributed by atoms with van der Waals surface area (Å²) >= 11 is 6.01. The van der Waals surface area contributed by atoms with E-state index in [9.17, 15) is 13.2 Å². The van der Waals surface area contributed by atoms with Crippen LogP contribution in [-0.2, 0) is 6.54 Å². The van der Waals surface area contributed by atoms with Crippen molar-refractivity contribution in [1.82, 2.24) is 9.55 Å². The standard InChI is InChI=1S/C12H12ClF3N2S/c1-8(13)11-17-9-4-2-3-5-10(9)18(11)6-7-19-12(14,15)16/h2-5,8H,6-7H2,1H3. The zero-order chi connectivity index (χ0) is 14.0. The van der Waals surface area contributed by atoms with Crippen LogP contribution in [0.5, 0.6) is 0 Å². The van der Waals surface area contributed by atoms with Crippen molar-refractivity contribution in [1.29, 1.82) is 0 Å². The van der Waals surface area contributed by atoms with Gasteiger partial charge in [-0.3, -0.25) is 0 Å². The molecule has 1 aromatic carbocycles. The van der Waals surface area contributed by atoms with Crippen LogP contribution in [0.15, 0.2) is 24.3 Å². The van der Waals surface area contributed by atoms with Crippen LogP contribution in [0.3, 0.4) is 0 Å². The van der Waals surface area contributed by atoms with Gasteiger partial charge in [-0.15, -0.1) is 11.6 Å². The molecule has 19 heavy (non-hydrogen) atoms. The number of alkyl halides is 4. The summed E-state index contributed by atoms with van der Waals surface area (Å²) in [5, 5.41) is -0.344. The van der Waals surface area contributed by atoms with Gasteiger partial charge in [0.05, 0.1) is 16.4 Å². The highest BCUT2D eigenvalue weighted by Gasteiger charge is 2.28. The van der Waals surface area contributed by atoms with Gasteiger partial charge in [0.25, 0.3) is 0 Å². The molecule has 0 saturated carbocycles. The first kappa shape index (κ1) is 14.5. The topological polar surface area (TPSA) is 17.8 Å². The summed E-state index contributed by atoms with van der Waals surface area (Å²) in [6, 6.07) is 7.34. The average molecular weight is 309 g/mol. The van der Waals surface area contributed by atoms with E-state index in [0.717, 1.165) is 11.0 Å². The molecule has 0 spiro atoms. The van der Waals surface area contributed by atoms with Crippen LogP contribution in [0.4, 0.5) is 13.2 Å². The van der Waals surface area contributed by atoms with Crippen LogP contribution in [-0.4, -0.2) is 20.8 Å². The van der Waals surface area contributed by atoms with Gasteiger partial charge in [0.1, 0.15) is 5.82 Å². The van der Waals surface area contributed by atoms with Gasteiger partial charge in [-0.25, -0.2) is 4.98 Å². The van der Waals surface area contributed by atoms with Crippen LogP contribution < -0.4 is 0 Å². The van der Waals surface area contributed by atoms with Crippen LogP contribution in [0.2, 0.25) is 0 Å². The van der Waals surface area contributed by atoms with E-state index in [1.165, 1.54) is 0 Å². The Hall–Kier alpha value is -0.880. The Morgan fingerprint density at radius 2 is 2.05 bits per heavy atom. The monoisotopic (exact) mass is 308 g/mol. The van der Waals surface area contributed by atoms with Crippen LogP contribution >= 0.6 is 23.4 Å². The fraction of sp³-hybridized carbons (Fsp3) is 0.417. The predicted octanol–water partition coefficient (Wildman–Crippen LogP) is 4.59. The van der Waals surface area contributed by atoms with Gasteiger partial charge in [-0.1, -0.05) is 12.1 Å². The third kappa shape index (κ3) is 3.57. The van der Waals surface area contributed by atoms with Gasteiger partial charge in [0.15, 0.2) is 0 Å². The molecule has 1 unspecified atom stereocenters. The van der Waals surface area contributed by atoms with E-state index in [1.807, 2.05) is 24.3 Å². The van der Waals surface area contributed by atoms with Crippen molar-refractivity contribution in [2.45, 2.75) is 24.4 Å². The maximum atomic E-state index is 12.2. The van der Waals surface area contributed by atoms with E-state index in [4.69, 9.17) is 11.6 Å². The lowest BCUT2D eigenvalue weighted by Gasteiger charge is -2.11. The van der Waals surface area contributed by atoms with Crippen LogP contribution in [0, 0.1) is 0 Å². The van der Waals surface area contributed by atoms with Gasteiger partial charge < -0.3 is 4.57 Å². The normalized spacial score (nSPS) is 13.9. The van der Waals surface area contributed by atoms with E-state index < -0.39 is 5.51 Å². The molecule has 0 amide bonds. The number of thioether (sulfide) groups is 1. The number of benzene rings is 1. The van der Waals surface area contributed by atoms with Gasteiger partial charge in [0, 0.05) is 12.3 Å². The smallest absolute Gasteiger partial charge is 0.326 e. The highest BCUT2D eigenvalue weighted by molar-refractivity contribution is 8.00. The molecule has 0 bridgehead atoms. The molecule has 0 fully saturated rings. The second-order valence-corrected chi connectivity index (χ2v) is 5.84. The molecule has 1 aromatic heterocycles. The summed E-state index contributed by atoms with van der Waals surface area (Å²) in [6.45, 7) is 1.99. The maximum absolute atomic E-state index is 12.2. The zero-order valence-corrected chi connectivity index (χ0v) is 11.7. The third-order valence-corrected chi connectivity index (χ3v) is 3.53. The number of nitrogens with zero attached hydrogens (tertiary/aromatic N) is 2. The average Bonchev–Trinajstić information content (AvgIpc) is 2.67. The molecule has 0 aliphatic heterocycles. The molecule has 0 aliphatic carbocycles. The second kappa shape index (κ2) is 5.63. The number of aromatic nitrogens is 2. The van der Waals surface area contributed by atoms with E-state index in [2.05, 4.69) is 4.98 Å². The second-order valence-electron chi connectivity index (χ2n) is 4.02. The number of imidazole rings is 1. The van der Waals surface area contributed by atoms with E-state index in [0.29, 0.717) is 5.82 Å². The summed E-state index contributed by atoms with van der Waals surface area (Å²) in [4.78, 5) is 4.37. The maximum Gasteiger partial charge on any atom is 0.441 e. The van der Waals surface area contributed by atoms with Crippen molar-refractivity contribution in [3.63, 3.8) is 0 Å². The highest BCUT2D eigenvalue weighted by atomic mass is 35.5. The van der Waals surface area contributed by atoms with E-state index >= 15 is 0 Å². The molecule has 2 nitrogen and oxygen atoms in total. The molecule has 0 N–H and O–H groups in total. The molecule has 0 saturated heterocycles.